The summed E-state index contributed by atoms with van der Waals surface area (Å²) in [6.45, 7) is 5.91. The smallest absolute Gasteiger partial charge is 0.307 e. The lowest BCUT2D eigenvalue weighted by atomic mass is 9.46. The molecule has 2 nitrogen and oxygen atoms in total. The molecule has 0 spiro atoms. The van der Waals surface area contributed by atoms with Crippen LogP contribution in [0.1, 0.15) is 51.9 Å². The van der Waals surface area contributed by atoms with Gasteiger partial charge < -0.3 is 5.11 Å². The molecule has 1 N–H and O–H groups in total. The van der Waals surface area contributed by atoms with Gasteiger partial charge in [-0.25, -0.2) is 0 Å². The largest absolute Gasteiger partial charge is 0.481 e. The molecule has 0 saturated heterocycles. The molecule has 1 atom stereocenters. The average Bonchev–Trinajstić information content (AvgIpc) is 2.23. The van der Waals surface area contributed by atoms with Gasteiger partial charge in [0, 0.05) is 0 Å². The van der Waals surface area contributed by atoms with Crippen molar-refractivity contribution in [2.24, 2.45) is 29.1 Å². The first-order valence-corrected chi connectivity index (χ1v) is 7.36. The highest BCUT2D eigenvalue weighted by Crippen LogP contribution is 2.63. The van der Waals surface area contributed by atoms with Gasteiger partial charge in [-0.1, -0.05) is 5.57 Å². The summed E-state index contributed by atoms with van der Waals surface area (Å²) in [7, 11) is 0. The Kier molecular flexibility index (Phi) is 2.80. The highest BCUT2D eigenvalue weighted by Gasteiger charge is 2.55. The molecule has 2 heteroatoms. The molecular formula is C16H24O2. The van der Waals surface area contributed by atoms with Crippen molar-refractivity contribution in [3.05, 3.63) is 12.2 Å². The number of carbonyl (C=O) groups is 1. The fraction of sp³-hybridized carbons (Fsp3) is 0.812. The van der Waals surface area contributed by atoms with Gasteiger partial charge in [-0.2, -0.15) is 0 Å². The van der Waals surface area contributed by atoms with Gasteiger partial charge in [0.1, 0.15) is 0 Å². The first-order chi connectivity index (χ1) is 8.48. The topological polar surface area (TPSA) is 37.3 Å². The highest BCUT2D eigenvalue weighted by atomic mass is 16.4. The molecular weight excluding hydrogens is 224 g/mol. The zero-order valence-corrected chi connectivity index (χ0v) is 11.3. The van der Waals surface area contributed by atoms with E-state index in [4.69, 9.17) is 0 Å². The number of aliphatic carboxylic acids is 1. The van der Waals surface area contributed by atoms with Crippen LogP contribution >= 0.6 is 0 Å². The van der Waals surface area contributed by atoms with E-state index in [2.05, 4.69) is 6.58 Å². The van der Waals surface area contributed by atoms with E-state index in [9.17, 15) is 9.90 Å². The van der Waals surface area contributed by atoms with E-state index in [1.165, 1.54) is 38.5 Å². The Bertz CT molecular complexity index is 347. The average molecular weight is 248 g/mol. The summed E-state index contributed by atoms with van der Waals surface area (Å²) in [6, 6.07) is 0. The number of carboxylic acids is 1. The number of rotatable bonds is 4. The SMILES string of the molecule is C=C(C)CC(C(=O)O)C12CC3CC(CC(C3)C1)C2. The Hall–Kier alpha value is -0.790. The molecule has 1 unspecified atom stereocenters. The predicted octanol–water partition coefficient (Wildman–Crippen LogP) is 3.87. The van der Waals surface area contributed by atoms with E-state index in [0.717, 1.165) is 23.3 Å². The second-order valence-corrected chi connectivity index (χ2v) is 7.33. The molecule has 0 aromatic heterocycles. The summed E-state index contributed by atoms with van der Waals surface area (Å²) in [5, 5.41) is 9.64. The molecule has 0 amide bonds. The Labute approximate surface area is 109 Å². The van der Waals surface area contributed by atoms with Crippen LogP contribution in [0.3, 0.4) is 0 Å². The molecule has 0 aromatic rings. The second-order valence-electron chi connectivity index (χ2n) is 7.33. The fourth-order valence-electron chi connectivity index (χ4n) is 5.52. The zero-order chi connectivity index (χ0) is 12.9. The van der Waals surface area contributed by atoms with E-state index in [1.54, 1.807) is 0 Å². The van der Waals surface area contributed by atoms with E-state index >= 15 is 0 Å². The van der Waals surface area contributed by atoms with Gasteiger partial charge in [-0.15, -0.1) is 6.58 Å². The Morgan fingerprint density at radius 3 is 2.00 bits per heavy atom. The molecule has 4 rings (SSSR count). The summed E-state index contributed by atoms with van der Waals surface area (Å²) in [4.78, 5) is 11.7. The third-order valence-corrected chi connectivity index (χ3v) is 5.68. The summed E-state index contributed by atoms with van der Waals surface area (Å²) in [5.74, 6) is 1.71. The Morgan fingerprint density at radius 1 is 1.22 bits per heavy atom. The Balaban J connectivity index is 1.88. The van der Waals surface area contributed by atoms with Crippen LogP contribution in [-0.2, 0) is 4.79 Å². The normalized spacial score (nSPS) is 42.8. The van der Waals surface area contributed by atoms with Crippen LogP contribution in [0.5, 0.6) is 0 Å². The number of hydrogen-bond acceptors (Lipinski definition) is 1. The Morgan fingerprint density at radius 2 is 1.67 bits per heavy atom. The first-order valence-electron chi connectivity index (χ1n) is 7.36. The van der Waals surface area contributed by atoms with Gasteiger partial charge in [-0.3, -0.25) is 4.79 Å². The van der Waals surface area contributed by atoms with Crippen molar-refractivity contribution in [1.82, 2.24) is 0 Å². The van der Waals surface area contributed by atoms with Crippen LogP contribution in [-0.4, -0.2) is 11.1 Å². The predicted molar refractivity (Wildman–Crippen MR) is 71.2 cm³/mol. The molecule has 0 heterocycles. The maximum Gasteiger partial charge on any atom is 0.307 e. The monoisotopic (exact) mass is 248 g/mol. The summed E-state index contributed by atoms with van der Waals surface area (Å²) < 4.78 is 0. The fourth-order valence-corrected chi connectivity index (χ4v) is 5.52. The van der Waals surface area contributed by atoms with E-state index < -0.39 is 5.97 Å². The standard InChI is InChI=1S/C16H24O2/c1-10(2)3-14(15(17)18)16-7-11-4-12(8-16)6-13(5-11)9-16/h11-14H,1,3-9H2,2H3,(H,17,18). The van der Waals surface area contributed by atoms with Crippen LogP contribution in [0.25, 0.3) is 0 Å². The second kappa shape index (κ2) is 4.11. The van der Waals surface area contributed by atoms with E-state index in [0.29, 0.717) is 6.42 Å². The molecule has 0 aromatic carbocycles. The number of carboxylic acid groups (broad SMARTS) is 1. The van der Waals surface area contributed by atoms with Crippen molar-refractivity contribution in [2.45, 2.75) is 51.9 Å². The molecule has 4 aliphatic carbocycles. The third-order valence-electron chi connectivity index (χ3n) is 5.68. The number of hydrogen-bond donors (Lipinski definition) is 1. The lowest BCUT2D eigenvalue weighted by Gasteiger charge is -2.58. The molecule has 100 valence electrons. The van der Waals surface area contributed by atoms with Crippen molar-refractivity contribution in [2.75, 3.05) is 0 Å². The van der Waals surface area contributed by atoms with Crippen LogP contribution in [0.2, 0.25) is 0 Å². The maximum absolute atomic E-state index is 11.7. The van der Waals surface area contributed by atoms with Crippen molar-refractivity contribution < 1.29 is 9.90 Å². The molecule has 4 fully saturated rings. The first kappa shape index (κ1) is 12.3. The molecule has 4 bridgehead atoms. The van der Waals surface area contributed by atoms with Gasteiger partial charge in [-0.05, 0) is 75.0 Å². The number of allylic oxidation sites excluding steroid dienone is 1. The van der Waals surface area contributed by atoms with Gasteiger partial charge >= 0.3 is 5.97 Å². The van der Waals surface area contributed by atoms with Crippen LogP contribution in [0, 0.1) is 29.1 Å². The summed E-state index contributed by atoms with van der Waals surface area (Å²) >= 11 is 0. The van der Waals surface area contributed by atoms with Crippen LogP contribution in [0.4, 0.5) is 0 Å². The van der Waals surface area contributed by atoms with Crippen molar-refractivity contribution in [3.63, 3.8) is 0 Å². The quantitative estimate of drug-likeness (QED) is 0.767. The van der Waals surface area contributed by atoms with Crippen molar-refractivity contribution in [1.29, 1.82) is 0 Å². The molecule has 4 aliphatic rings. The van der Waals surface area contributed by atoms with E-state index in [-0.39, 0.29) is 11.3 Å². The van der Waals surface area contributed by atoms with E-state index in [1.807, 2.05) is 6.92 Å². The van der Waals surface area contributed by atoms with Crippen molar-refractivity contribution >= 4 is 5.97 Å². The van der Waals surface area contributed by atoms with Gasteiger partial charge in [0.15, 0.2) is 0 Å². The lowest BCUT2D eigenvalue weighted by molar-refractivity contribution is -0.157. The summed E-state index contributed by atoms with van der Waals surface area (Å²) in [6.07, 6.45) is 8.31. The highest BCUT2D eigenvalue weighted by molar-refractivity contribution is 5.71. The maximum atomic E-state index is 11.7. The van der Waals surface area contributed by atoms with Crippen molar-refractivity contribution in [3.8, 4) is 0 Å². The van der Waals surface area contributed by atoms with Crippen LogP contribution in [0.15, 0.2) is 12.2 Å². The van der Waals surface area contributed by atoms with Gasteiger partial charge in [0.05, 0.1) is 5.92 Å². The molecule has 18 heavy (non-hydrogen) atoms. The third kappa shape index (κ3) is 1.90. The minimum absolute atomic E-state index is 0.111. The zero-order valence-electron chi connectivity index (χ0n) is 11.3. The minimum atomic E-state index is -0.583. The van der Waals surface area contributed by atoms with Crippen LogP contribution < -0.4 is 0 Å². The molecule has 0 aliphatic heterocycles. The van der Waals surface area contributed by atoms with Gasteiger partial charge in [0.2, 0.25) is 0 Å². The van der Waals surface area contributed by atoms with Gasteiger partial charge in [0.25, 0.3) is 0 Å². The lowest BCUT2D eigenvalue weighted by Crippen LogP contribution is -2.51. The molecule has 0 radical (unpaired) electrons. The minimum Gasteiger partial charge on any atom is -0.481 e. The summed E-state index contributed by atoms with van der Waals surface area (Å²) in [5.41, 5.74) is 1.14. The molecule has 4 saturated carbocycles.